The van der Waals surface area contributed by atoms with Crippen LogP contribution in [0.5, 0.6) is 0 Å². The fourth-order valence-corrected chi connectivity index (χ4v) is 3.39. The number of halogens is 1. The molecule has 2 rings (SSSR count). The van der Waals surface area contributed by atoms with E-state index in [4.69, 9.17) is 0 Å². The Morgan fingerprint density at radius 2 is 1.78 bits per heavy atom. The van der Waals surface area contributed by atoms with Gasteiger partial charge in [-0.15, -0.1) is 3.89 Å². The normalized spacial score (nSPS) is 25.9. The molecule has 1 unspecified atom stereocenters. The van der Waals surface area contributed by atoms with Gasteiger partial charge >= 0.3 is 0 Å². The molecule has 0 heterocycles. The van der Waals surface area contributed by atoms with Crippen molar-refractivity contribution in [3.8, 4) is 0 Å². The third-order valence-electron chi connectivity index (χ3n) is 4.08. The summed E-state index contributed by atoms with van der Waals surface area (Å²) >= 11 is -2.35. The maximum atomic E-state index is 12.6. The Kier molecular flexibility index (Phi) is 4.93. The maximum Gasteiger partial charge on any atom is 0.231 e. The van der Waals surface area contributed by atoms with Gasteiger partial charge in [0.25, 0.3) is 0 Å². The van der Waals surface area contributed by atoms with Crippen LogP contribution in [0.2, 0.25) is 0 Å². The lowest BCUT2D eigenvalue weighted by molar-refractivity contribution is 0.308. The zero-order valence-electron chi connectivity index (χ0n) is 10.9. The smallest absolute Gasteiger partial charge is 0.219 e. The van der Waals surface area contributed by atoms with E-state index in [9.17, 15) is 8.09 Å². The van der Waals surface area contributed by atoms with E-state index in [-0.39, 0.29) is 4.90 Å². The third-order valence-corrected chi connectivity index (χ3v) is 4.72. The molecule has 1 aliphatic rings. The number of rotatable bonds is 4. The van der Waals surface area contributed by atoms with Crippen LogP contribution < -0.4 is 0 Å². The molecule has 0 radical (unpaired) electrons. The summed E-state index contributed by atoms with van der Waals surface area (Å²) in [5.74, 6) is 1.52. The van der Waals surface area contributed by atoms with Gasteiger partial charge in [0.15, 0.2) is 0 Å². The zero-order valence-corrected chi connectivity index (χ0v) is 11.7. The third kappa shape index (κ3) is 3.41. The fourth-order valence-electron chi connectivity index (χ4n) is 3.04. The topological polar surface area (TPSA) is 17.1 Å². The molecule has 100 valence electrons. The molecule has 0 aliphatic heterocycles. The average molecular weight is 268 g/mol. The monoisotopic (exact) mass is 268 g/mol. The maximum absolute atomic E-state index is 12.6. The molecule has 0 bridgehead atoms. The van der Waals surface area contributed by atoms with Gasteiger partial charge in [-0.1, -0.05) is 31.9 Å². The van der Waals surface area contributed by atoms with E-state index < -0.39 is 11.2 Å². The van der Waals surface area contributed by atoms with Gasteiger partial charge in [0.2, 0.25) is 11.2 Å². The minimum atomic E-state index is -2.35. The van der Waals surface area contributed by atoms with Crippen LogP contribution in [0.4, 0.5) is 3.89 Å². The van der Waals surface area contributed by atoms with Crippen molar-refractivity contribution < 1.29 is 8.09 Å². The summed E-state index contributed by atoms with van der Waals surface area (Å²) in [6, 6.07) is 7.20. The molecule has 18 heavy (non-hydrogen) atoms. The van der Waals surface area contributed by atoms with Gasteiger partial charge in [0.05, 0.1) is 4.90 Å². The van der Waals surface area contributed by atoms with Crippen LogP contribution in [0.25, 0.3) is 0 Å². The Balaban J connectivity index is 1.95. The van der Waals surface area contributed by atoms with E-state index in [1.807, 2.05) is 12.1 Å². The molecular weight excluding hydrogens is 247 g/mol. The summed E-state index contributed by atoms with van der Waals surface area (Å²) in [5, 5.41) is 0. The first kappa shape index (κ1) is 13.7. The predicted octanol–water partition coefficient (Wildman–Crippen LogP) is 4.75. The second-order valence-electron chi connectivity index (χ2n) is 5.30. The summed E-state index contributed by atoms with van der Waals surface area (Å²) < 4.78 is 23.3. The van der Waals surface area contributed by atoms with E-state index in [0.717, 1.165) is 5.92 Å². The molecule has 0 amide bonds. The fraction of sp³-hybridized carbons (Fsp3) is 0.600. The van der Waals surface area contributed by atoms with Crippen LogP contribution >= 0.6 is 0 Å². The Bertz CT molecular complexity index is 393. The van der Waals surface area contributed by atoms with Gasteiger partial charge < -0.3 is 0 Å². The molecule has 0 spiro atoms. The van der Waals surface area contributed by atoms with Crippen molar-refractivity contribution in [2.45, 2.75) is 56.3 Å². The van der Waals surface area contributed by atoms with Gasteiger partial charge in [-0.3, -0.25) is 0 Å². The lowest BCUT2D eigenvalue weighted by Gasteiger charge is -2.28. The SMILES string of the molecule is CCCC1CCC(c2ccc(S(=O)F)cc2)CC1. The zero-order chi connectivity index (χ0) is 13.0. The van der Waals surface area contributed by atoms with Crippen LogP contribution in [0.3, 0.4) is 0 Å². The molecule has 3 heteroatoms. The Hall–Kier alpha value is -0.700. The minimum Gasteiger partial charge on any atom is -0.219 e. The first-order valence-corrected chi connectivity index (χ1v) is 7.93. The van der Waals surface area contributed by atoms with Crippen LogP contribution in [0, 0.1) is 5.92 Å². The van der Waals surface area contributed by atoms with Crippen molar-refractivity contribution in [3.05, 3.63) is 29.8 Å². The lowest BCUT2D eigenvalue weighted by atomic mass is 9.77. The summed E-state index contributed by atoms with van der Waals surface area (Å²) in [5.41, 5.74) is 1.28. The van der Waals surface area contributed by atoms with Crippen molar-refractivity contribution in [2.24, 2.45) is 5.92 Å². The van der Waals surface area contributed by atoms with Crippen molar-refractivity contribution in [3.63, 3.8) is 0 Å². The highest BCUT2D eigenvalue weighted by Crippen LogP contribution is 2.37. The molecule has 0 saturated heterocycles. The standard InChI is InChI=1S/C15H21FOS/c1-2-3-12-4-6-13(7-5-12)14-8-10-15(11-9-14)18(16)17/h8-13H,2-7H2,1H3. The van der Waals surface area contributed by atoms with Crippen molar-refractivity contribution in [1.82, 2.24) is 0 Å². The molecule has 1 saturated carbocycles. The molecule has 1 fully saturated rings. The molecule has 0 N–H and O–H groups in total. The highest BCUT2D eigenvalue weighted by molar-refractivity contribution is 7.79. The van der Waals surface area contributed by atoms with Crippen molar-refractivity contribution >= 4 is 11.2 Å². The first-order valence-electron chi connectivity index (χ1n) is 6.88. The minimum absolute atomic E-state index is 0.276. The number of hydrogen-bond donors (Lipinski definition) is 0. The van der Waals surface area contributed by atoms with Gasteiger partial charge in [0.1, 0.15) is 0 Å². The number of benzene rings is 1. The van der Waals surface area contributed by atoms with E-state index >= 15 is 0 Å². The van der Waals surface area contributed by atoms with E-state index in [2.05, 4.69) is 6.92 Å². The Morgan fingerprint density at radius 3 is 2.28 bits per heavy atom. The lowest BCUT2D eigenvalue weighted by Crippen LogP contribution is -2.13. The van der Waals surface area contributed by atoms with Gasteiger partial charge in [-0.2, -0.15) is 0 Å². The highest BCUT2D eigenvalue weighted by atomic mass is 32.2. The van der Waals surface area contributed by atoms with Crippen LogP contribution in [-0.2, 0) is 11.2 Å². The Morgan fingerprint density at radius 1 is 1.17 bits per heavy atom. The molecule has 1 atom stereocenters. The summed E-state index contributed by atoms with van der Waals surface area (Å²) in [7, 11) is 0. The van der Waals surface area contributed by atoms with Crippen molar-refractivity contribution in [2.75, 3.05) is 0 Å². The first-order chi connectivity index (χ1) is 8.70. The van der Waals surface area contributed by atoms with E-state index in [1.54, 1.807) is 12.1 Å². The second kappa shape index (κ2) is 6.46. The van der Waals surface area contributed by atoms with Gasteiger partial charge in [-0.05, 0) is 55.2 Å². The highest BCUT2D eigenvalue weighted by Gasteiger charge is 2.21. The quantitative estimate of drug-likeness (QED) is 0.720. The van der Waals surface area contributed by atoms with Gasteiger partial charge in [-0.25, -0.2) is 4.21 Å². The Labute approximate surface area is 112 Å². The average Bonchev–Trinajstić information content (AvgIpc) is 2.40. The van der Waals surface area contributed by atoms with E-state index in [0.29, 0.717) is 5.92 Å². The van der Waals surface area contributed by atoms with Crippen LogP contribution in [-0.4, -0.2) is 4.21 Å². The predicted molar refractivity (Wildman–Crippen MR) is 73.6 cm³/mol. The van der Waals surface area contributed by atoms with E-state index in [1.165, 1.54) is 44.1 Å². The molecule has 1 aliphatic carbocycles. The summed E-state index contributed by atoms with van der Waals surface area (Å²) in [6.07, 6.45) is 7.74. The molecule has 1 nitrogen and oxygen atoms in total. The summed E-state index contributed by atoms with van der Waals surface area (Å²) in [6.45, 7) is 2.25. The van der Waals surface area contributed by atoms with Crippen LogP contribution in [0.1, 0.15) is 56.9 Å². The van der Waals surface area contributed by atoms with Crippen molar-refractivity contribution in [1.29, 1.82) is 0 Å². The number of hydrogen-bond acceptors (Lipinski definition) is 1. The largest absolute Gasteiger partial charge is 0.231 e. The molecular formula is C15H21FOS. The van der Waals surface area contributed by atoms with Crippen LogP contribution in [0.15, 0.2) is 29.2 Å². The molecule has 1 aromatic rings. The second-order valence-corrected chi connectivity index (χ2v) is 6.22. The molecule has 1 aromatic carbocycles. The molecule has 0 aromatic heterocycles. The summed E-state index contributed by atoms with van der Waals surface area (Å²) in [4.78, 5) is 0.276. The van der Waals surface area contributed by atoms with Gasteiger partial charge in [0, 0.05) is 0 Å².